The van der Waals surface area contributed by atoms with Crippen molar-refractivity contribution < 1.29 is 24.2 Å². The Hall–Kier alpha value is -6.17. The Kier molecular flexibility index (Phi) is 5.60. The minimum atomic E-state index is -1.45. The number of para-hydroxylation sites is 1. The van der Waals surface area contributed by atoms with Crippen LogP contribution in [0.4, 0.5) is 0 Å². The molecule has 0 radical (unpaired) electrons. The largest absolute Gasteiger partial charge is 0.507 e. The van der Waals surface area contributed by atoms with Crippen LogP contribution in [-0.4, -0.2) is 40.3 Å². The summed E-state index contributed by atoms with van der Waals surface area (Å²) >= 11 is 0. The van der Waals surface area contributed by atoms with Gasteiger partial charge in [0, 0.05) is 11.6 Å². The van der Waals surface area contributed by atoms with Crippen molar-refractivity contribution >= 4 is 22.9 Å². The summed E-state index contributed by atoms with van der Waals surface area (Å²) < 4.78 is 14.8. The first-order chi connectivity index (χ1) is 22.1. The number of H-pyrrole nitrogens is 1. The first-order valence-corrected chi connectivity index (χ1v) is 14.4. The highest BCUT2D eigenvalue weighted by Gasteiger charge is 2.55. The number of furan rings is 1. The fourth-order valence-corrected chi connectivity index (χ4v) is 6.47. The van der Waals surface area contributed by atoms with Crippen LogP contribution in [-0.2, 0) is 12.0 Å². The van der Waals surface area contributed by atoms with Gasteiger partial charge in [-0.2, -0.15) is 5.10 Å². The molecule has 12 nitrogen and oxygen atoms in total. The summed E-state index contributed by atoms with van der Waals surface area (Å²) in [5, 5.41) is 27.7. The van der Waals surface area contributed by atoms with E-state index in [1.54, 1.807) is 36.7 Å². The number of hydrogen-bond donors (Lipinski definition) is 3. The second kappa shape index (κ2) is 9.41. The van der Waals surface area contributed by atoms with Crippen molar-refractivity contribution in [2.45, 2.75) is 32.7 Å². The Morgan fingerprint density at radius 3 is 2.48 bits per heavy atom. The van der Waals surface area contributed by atoms with E-state index in [1.807, 2.05) is 30.3 Å². The van der Waals surface area contributed by atoms with E-state index >= 15 is 0 Å². The lowest BCUT2D eigenvalue weighted by Gasteiger charge is -2.27. The average molecular weight is 616 g/mol. The number of nitrogens with zero attached hydrogens (tertiary/aromatic N) is 4. The van der Waals surface area contributed by atoms with Crippen LogP contribution in [0.5, 0.6) is 17.2 Å². The normalized spacial score (nSPS) is 16.6. The standard InChI is InChI=1S/C34H25N5O7/c1-16-27(40)25(21-12-11-20-31(35-21)38(33(44)36-32(20)43)15-19-10-7-13-45-19)29-26(28(16)41)34(3)23(46-29)14-22-24(30(34)42)17(2)37-39(22)18-8-5-4-6-9-18/h4-14,40-41H,15H2,1-3H3,(H,36,43,44). The number of carbonyl (C=O) groups excluding carboxylic acids is 1. The summed E-state index contributed by atoms with van der Waals surface area (Å²) in [7, 11) is 0. The second-order valence-corrected chi connectivity index (χ2v) is 11.6. The number of fused-ring (bicyclic) bond motifs is 5. The number of Topliss-reactive ketones (excluding diaryl/α,β-unsaturated/α-hetero) is 1. The molecule has 0 saturated heterocycles. The molecule has 6 aromatic rings. The molecule has 1 aliphatic carbocycles. The summed E-state index contributed by atoms with van der Waals surface area (Å²) in [6.07, 6.45) is 3.20. The molecule has 2 aromatic carbocycles. The number of phenols is 2. The third kappa shape index (κ3) is 3.57. The van der Waals surface area contributed by atoms with Crippen LogP contribution < -0.4 is 16.0 Å². The van der Waals surface area contributed by atoms with Crippen molar-refractivity contribution in [1.82, 2.24) is 24.3 Å². The van der Waals surface area contributed by atoms with Gasteiger partial charge in [0.25, 0.3) is 5.56 Å². The molecule has 228 valence electrons. The first kappa shape index (κ1) is 27.4. The fraction of sp³-hybridized carbons (Fsp3) is 0.147. The lowest BCUT2D eigenvalue weighted by atomic mass is 9.71. The van der Waals surface area contributed by atoms with Gasteiger partial charge in [0.1, 0.15) is 34.2 Å². The average Bonchev–Trinajstić information content (AvgIpc) is 3.75. The molecular weight excluding hydrogens is 590 g/mol. The molecular formula is C34H25N5O7. The monoisotopic (exact) mass is 615 g/mol. The quantitative estimate of drug-likeness (QED) is 0.259. The van der Waals surface area contributed by atoms with Gasteiger partial charge in [0.15, 0.2) is 11.4 Å². The molecule has 46 heavy (non-hydrogen) atoms. The van der Waals surface area contributed by atoms with Gasteiger partial charge in [-0.25, -0.2) is 14.5 Å². The van der Waals surface area contributed by atoms with Crippen LogP contribution in [0.15, 0.2) is 80.6 Å². The van der Waals surface area contributed by atoms with E-state index < -0.39 is 16.7 Å². The van der Waals surface area contributed by atoms with E-state index in [1.165, 1.54) is 29.9 Å². The van der Waals surface area contributed by atoms with Gasteiger partial charge in [-0.1, -0.05) is 18.2 Å². The fourth-order valence-electron chi connectivity index (χ4n) is 6.47. The van der Waals surface area contributed by atoms with E-state index in [0.717, 1.165) is 5.69 Å². The van der Waals surface area contributed by atoms with Crippen molar-refractivity contribution in [3.8, 4) is 34.2 Å². The number of rotatable bonds is 4. The molecule has 0 fully saturated rings. The number of nitrogens with one attached hydrogen (secondary N) is 1. The van der Waals surface area contributed by atoms with Gasteiger partial charge in [-0.15, -0.1) is 0 Å². The molecule has 12 heteroatoms. The van der Waals surface area contributed by atoms with Crippen molar-refractivity contribution in [1.29, 1.82) is 0 Å². The van der Waals surface area contributed by atoms with Crippen LogP contribution in [0.3, 0.4) is 0 Å². The summed E-state index contributed by atoms with van der Waals surface area (Å²) in [4.78, 5) is 47.1. The molecule has 0 spiro atoms. The van der Waals surface area contributed by atoms with E-state index in [-0.39, 0.29) is 68.8 Å². The molecule has 5 heterocycles. The predicted molar refractivity (Wildman–Crippen MR) is 167 cm³/mol. The van der Waals surface area contributed by atoms with Crippen molar-refractivity contribution in [2.24, 2.45) is 0 Å². The number of pyridine rings is 1. The number of hydrogen-bond acceptors (Lipinski definition) is 9. The molecule has 0 amide bonds. The molecule has 1 atom stereocenters. The number of benzene rings is 2. The number of aromatic amines is 1. The zero-order chi connectivity index (χ0) is 32.1. The number of carbonyl (C=O) groups is 1. The van der Waals surface area contributed by atoms with Crippen LogP contribution in [0, 0.1) is 13.8 Å². The van der Waals surface area contributed by atoms with Crippen LogP contribution in [0.25, 0.3) is 34.1 Å². The van der Waals surface area contributed by atoms with Crippen LogP contribution in [0.2, 0.25) is 0 Å². The highest BCUT2D eigenvalue weighted by molar-refractivity contribution is 6.14. The van der Waals surface area contributed by atoms with Gasteiger partial charge in [0.05, 0.1) is 57.7 Å². The van der Waals surface area contributed by atoms with Gasteiger partial charge in [0.2, 0.25) is 0 Å². The van der Waals surface area contributed by atoms with E-state index in [4.69, 9.17) is 9.15 Å². The Labute approximate surface area is 259 Å². The Balaban J connectivity index is 1.36. The summed E-state index contributed by atoms with van der Waals surface area (Å²) in [5.74, 6) is -0.199. The Morgan fingerprint density at radius 1 is 0.957 bits per heavy atom. The van der Waals surface area contributed by atoms with Gasteiger partial charge >= 0.3 is 5.69 Å². The second-order valence-electron chi connectivity index (χ2n) is 11.6. The Bertz CT molecular complexity index is 2430. The maximum atomic E-state index is 14.4. The third-order valence-electron chi connectivity index (χ3n) is 8.88. The number of ketones is 1. The number of aryl methyl sites for hydroxylation is 1. The van der Waals surface area contributed by atoms with Crippen molar-refractivity contribution in [3.05, 3.63) is 121 Å². The van der Waals surface area contributed by atoms with E-state index in [9.17, 15) is 24.6 Å². The minimum absolute atomic E-state index is 0.0136. The zero-order valence-corrected chi connectivity index (χ0v) is 24.8. The number of phenolic OH excluding ortho intramolecular Hbond substituents is 2. The molecule has 1 unspecified atom stereocenters. The molecule has 2 aliphatic rings. The smallest absolute Gasteiger partial charge is 0.330 e. The van der Waals surface area contributed by atoms with Gasteiger partial charge in [-0.05, 0) is 57.2 Å². The topological polar surface area (TPSA) is 165 Å². The summed E-state index contributed by atoms with van der Waals surface area (Å²) in [6, 6.07) is 15.8. The predicted octanol–water partition coefficient (Wildman–Crippen LogP) is 4.49. The molecule has 0 saturated carbocycles. The number of aromatic nitrogens is 5. The lowest BCUT2D eigenvalue weighted by Crippen LogP contribution is -2.36. The van der Waals surface area contributed by atoms with E-state index in [2.05, 4.69) is 15.1 Å². The van der Waals surface area contributed by atoms with Crippen LogP contribution >= 0.6 is 0 Å². The number of ether oxygens (including phenoxy) is 1. The number of allylic oxidation sites excluding steroid dienone is 1. The molecule has 0 bridgehead atoms. The maximum Gasteiger partial charge on any atom is 0.330 e. The maximum absolute atomic E-state index is 14.4. The van der Waals surface area contributed by atoms with Crippen molar-refractivity contribution in [2.75, 3.05) is 0 Å². The van der Waals surface area contributed by atoms with Crippen LogP contribution in [0.1, 0.15) is 45.6 Å². The first-order valence-electron chi connectivity index (χ1n) is 14.4. The highest BCUT2D eigenvalue weighted by atomic mass is 16.5. The SMILES string of the molecule is Cc1nn(-c2ccccc2)c2c1C(=O)C1(C)C(=C2)Oc2c(-c3ccc4c(=O)[nH]c(=O)n(Cc5ccco5)c4n3)c(O)c(C)c(O)c21. The number of aromatic hydroxyl groups is 2. The van der Waals surface area contributed by atoms with Crippen molar-refractivity contribution in [3.63, 3.8) is 0 Å². The molecule has 4 aromatic heterocycles. The molecule has 8 rings (SSSR count). The summed E-state index contributed by atoms with van der Waals surface area (Å²) in [5.41, 5.74) is -0.00967. The minimum Gasteiger partial charge on any atom is -0.507 e. The summed E-state index contributed by atoms with van der Waals surface area (Å²) in [6.45, 7) is 4.94. The highest BCUT2D eigenvalue weighted by Crippen LogP contribution is 2.60. The van der Waals surface area contributed by atoms with E-state index in [0.29, 0.717) is 22.7 Å². The zero-order valence-electron chi connectivity index (χ0n) is 24.8. The molecule has 3 N–H and O–H groups in total. The Morgan fingerprint density at radius 2 is 1.74 bits per heavy atom. The third-order valence-corrected chi connectivity index (χ3v) is 8.88. The lowest BCUT2D eigenvalue weighted by molar-refractivity contribution is 0.0905. The molecule has 1 aliphatic heterocycles. The van der Waals surface area contributed by atoms with Gasteiger partial charge in [-0.3, -0.25) is 19.1 Å². The van der Waals surface area contributed by atoms with Gasteiger partial charge < -0.3 is 19.4 Å².